The number of nitrogens with zero attached hydrogens (tertiary/aromatic N) is 2. The lowest BCUT2D eigenvalue weighted by Crippen LogP contribution is -2.21. The Balaban J connectivity index is 1.99. The van der Waals surface area contributed by atoms with Gasteiger partial charge in [0.25, 0.3) is 0 Å². The van der Waals surface area contributed by atoms with Gasteiger partial charge in [-0.15, -0.1) is 0 Å². The second-order valence-electron chi connectivity index (χ2n) is 5.16. The van der Waals surface area contributed by atoms with E-state index >= 15 is 0 Å². The van der Waals surface area contributed by atoms with Crippen LogP contribution in [0.15, 0.2) is 41.4 Å². The van der Waals surface area contributed by atoms with Crippen LogP contribution < -0.4 is 5.73 Å². The predicted molar refractivity (Wildman–Crippen MR) is 85.1 cm³/mol. The van der Waals surface area contributed by atoms with E-state index in [2.05, 4.69) is 45.6 Å². The Bertz CT molecular complexity index is 685. The van der Waals surface area contributed by atoms with E-state index in [1.807, 2.05) is 12.3 Å². The fraction of sp³-hybridized carbons (Fsp3) is 0.312. The van der Waals surface area contributed by atoms with Gasteiger partial charge >= 0.3 is 0 Å². The van der Waals surface area contributed by atoms with Crippen LogP contribution in [0.1, 0.15) is 24.5 Å². The summed E-state index contributed by atoms with van der Waals surface area (Å²) >= 11 is 1.73. The van der Waals surface area contributed by atoms with E-state index in [0.717, 1.165) is 25.0 Å². The molecule has 0 aromatic carbocycles. The van der Waals surface area contributed by atoms with Crippen molar-refractivity contribution in [3.8, 4) is 0 Å². The largest absolute Gasteiger partial charge is 0.328 e. The summed E-state index contributed by atoms with van der Waals surface area (Å²) in [4.78, 5) is 4.54. The molecule has 2 N–H and O–H groups in total. The highest BCUT2D eigenvalue weighted by Gasteiger charge is 2.12. The zero-order chi connectivity index (χ0) is 13.9. The van der Waals surface area contributed by atoms with Gasteiger partial charge in [-0.05, 0) is 52.9 Å². The van der Waals surface area contributed by atoms with Crippen LogP contribution in [0, 0.1) is 0 Å². The molecule has 3 rings (SSSR count). The van der Waals surface area contributed by atoms with E-state index in [1.54, 1.807) is 11.3 Å². The third kappa shape index (κ3) is 2.62. The third-order valence-corrected chi connectivity index (χ3v) is 4.39. The number of aromatic nitrogens is 2. The molecule has 0 aliphatic carbocycles. The lowest BCUT2D eigenvalue weighted by molar-refractivity contribution is 0.646. The topological polar surface area (TPSA) is 43.8 Å². The van der Waals surface area contributed by atoms with Crippen LogP contribution in [-0.4, -0.2) is 15.6 Å². The maximum Gasteiger partial charge on any atom is 0.140 e. The lowest BCUT2D eigenvalue weighted by atomic mass is 10.1. The van der Waals surface area contributed by atoms with E-state index in [0.29, 0.717) is 0 Å². The van der Waals surface area contributed by atoms with Crippen LogP contribution in [0.25, 0.3) is 11.0 Å². The monoisotopic (exact) mass is 285 g/mol. The number of thiophene rings is 1. The van der Waals surface area contributed by atoms with Crippen LogP contribution in [-0.2, 0) is 13.0 Å². The zero-order valence-corrected chi connectivity index (χ0v) is 12.4. The minimum absolute atomic E-state index is 0.218. The first-order chi connectivity index (χ1) is 9.78. The maximum absolute atomic E-state index is 6.11. The number of nitrogens with two attached hydrogens (primary N) is 1. The number of pyridine rings is 1. The first kappa shape index (κ1) is 13.3. The molecule has 0 spiro atoms. The Kier molecular flexibility index (Phi) is 3.85. The molecular weight excluding hydrogens is 266 g/mol. The van der Waals surface area contributed by atoms with E-state index in [9.17, 15) is 0 Å². The predicted octanol–water partition coefficient (Wildman–Crippen LogP) is 3.43. The number of rotatable bonds is 5. The molecule has 0 fully saturated rings. The van der Waals surface area contributed by atoms with Gasteiger partial charge in [0.15, 0.2) is 0 Å². The van der Waals surface area contributed by atoms with Gasteiger partial charge in [0.2, 0.25) is 0 Å². The van der Waals surface area contributed by atoms with Crippen LogP contribution in [0.5, 0.6) is 0 Å². The smallest absolute Gasteiger partial charge is 0.140 e. The van der Waals surface area contributed by atoms with Crippen molar-refractivity contribution in [2.75, 3.05) is 0 Å². The van der Waals surface area contributed by atoms with E-state index in [4.69, 9.17) is 5.73 Å². The van der Waals surface area contributed by atoms with Gasteiger partial charge in [-0.3, -0.25) is 0 Å². The molecule has 20 heavy (non-hydrogen) atoms. The van der Waals surface area contributed by atoms with Crippen LogP contribution in [0.4, 0.5) is 0 Å². The van der Waals surface area contributed by atoms with Crippen molar-refractivity contribution >= 4 is 22.4 Å². The van der Waals surface area contributed by atoms with Crippen LogP contribution >= 0.6 is 11.3 Å². The summed E-state index contributed by atoms with van der Waals surface area (Å²) in [6.45, 7) is 3.01. The minimum atomic E-state index is 0.218. The molecule has 104 valence electrons. The number of hydrogen-bond donors (Lipinski definition) is 1. The maximum atomic E-state index is 6.11. The molecule has 0 aliphatic heterocycles. The highest BCUT2D eigenvalue weighted by atomic mass is 32.1. The highest BCUT2D eigenvalue weighted by Crippen LogP contribution is 2.22. The fourth-order valence-electron chi connectivity index (χ4n) is 2.48. The van der Waals surface area contributed by atoms with Crippen LogP contribution in [0.3, 0.4) is 0 Å². The van der Waals surface area contributed by atoms with Gasteiger partial charge < -0.3 is 10.3 Å². The molecule has 4 heteroatoms. The first-order valence-electron chi connectivity index (χ1n) is 6.97. The van der Waals surface area contributed by atoms with Crippen molar-refractivity contribution in [1.82, 2.24) is 9.55 Å². The molecule has 0 saturated heterocycles. The summed E-state index contributed by atoms with van der Waals surface area (Å²) < 4.78 is 2.23. The normalized spacial score (nSPS) is 12.9. The fourth-order valence-corrected chi connectivity index (χ4v) is 3.14. The number of fused-ring (bicyclic) bond motifs is 1. The summed E-state index contributed by atoms with van der Waals surface area (Å²) in [5.41, 5.74) is 9.79. The number of hydrogen-bond acceptors (Lipinski definition) is 3. The second kappa shape index (κ2) is 5.77. The minimum Gasteiger partial charge on any atom is -0.328 e. The van der Waals surface area contributed by atoms with Crippen molar-refractivity contribution in [2.24, 2.45) is 5.73 Å². The summed E-state index contributed by atoms with van der Waals surface area (Å²) in [5.74, 6) is 0. The average Bonchev–Trinajstić information content (AvgIpc) is 3.09. The molecular formula is C16H19N3S. The first-order valence-corrected chi connectivity index (χ1v) is 7.91. The van der Waals surface area contributed by atoms with Crippen molar-refractivity contribution in [1.29, 1.82) is 0 Å². The lowest BCUT2D eigenvalue weighted by Gasteiger charge is -2.06. The van der Waals surface area contributed by atoms with E-state index in [1.165, 1.54) is 16.5 Å². The molecule has 3 heterocycles. The van der Waals surface area contributed by atoms with E-state index in [-0.39, 0.29) is 6.04 Å². The SMILES string of the molecule is CCC(N)Cc1cn(Cc2ccsc2)c2ncccc12. The Morgan fingerprint density at radius 3 is 3.05 bits per heavy atom. The van der Waals surface area contributed by atoms with Crippen molar-refractivity contribution in [2.45, 2.75) is 32.4 Å². The Morgan fingerprint density at radius 2 is 2.30 bits per heavy atom. The zero-order valence-electron chi connectivity index (χ0n) is 11.6. The van der Waals surface area contributed by atoms with Crippen LogP contribution in [0.2, 0.25) is 0 Å². The Labute approximate surface area is 123 Å². The molecule has 0 amide bonds. The average molecular weight is 285 g/mol. The highest BCUT2D eigenvalue weighted by molar-refractivity contribution is 7.07. The molecule has 3 nitrogen and oxygen atoms in total. The van der Waals surface area contributed by atoms with Gasteiger partial charge in [0.1, 0.15) is 5.65 Å². The molecule has 3 aromatic heterocycles. The summed E-state index contributed by atoms with van der Waals surface area (Å²) in [6.07, 6.45) is 5.98. The molecule has 1 atom stereocenters. The van der Waals surface area contributed by atoms with Crippen molar-refractivity contribution in [3.05, 3.63) is 52.5 Å². The summed E-state index contributed by atoms with van der Waals surface area (Å²) in [6, 6.07) is 6.52. The molecule has 0 saturated carbocycles. The summed E-state index contributed by atoms with van der Waals surface area (Å²) in [7, 11) is 0. The molecule has 0 bridgehead atoms. The molecule has 0 aliphatic rings. The Hall–Kier alpha value is -1.65. The standard InChI is InChI=1S/C16H19N3S/c1-2-14(17)8-13-10-19(9-12-5-7-20-11-12)16-15(13)4-3-6-18-16/h3-7,10-11,14H,2,8-9,17H2,1H3. The van der Waals surface area contributed by atoms with Gasteiger partial charge in [-0.2, -0.15) is 11.3 Å². The molecule has 0 radical (unpaired) electrons. The van der Waals surface area contributed by atoms with Gasteiger partial charge in [-0.1, -0.05) is 6.92 Å². The van der Waals surface area contributed by atoms with Crippen molar-refractivity contribution < 1.29 is 0 Å². The third-order valence-electron chi connectivity index (χ3n) is 3.66. The Morgan fingerprint density at radius 1 is 1.40 bits per heavy atom. The second-order valence-corrected chi connectivity index (χ2v) is 5.94. The van der Waals surface area contributed by atoms with Gasteiger partial charge in [0, 0.05) is 30.4 Å². The molecule has 1 unspecified atom stereocenters. The molecule has 3 aromatic rings. The van der Waals surface area contributed by atoms with Gasteiger partial charge in [0.05, 0.1) is 0 Å². The van der Waals surface area contributed by atoms with E-state index < -0.39 is 0 Å². The van der Waals surface area contributed by atoms with Gasteiger partial charge in [-0.25, -0.2) is 4.98 Å². The quantitative estimate of drug-likeness (QED) is 0.780. The summed E-state index contributed by atoms with van der Waals surface area (Å²) in [5, 5.41) is 5.53. The van der Waals surface area contributed by atoms with Crippen molar-refractivity contribution in [3.63, 3.8) is 0 Å².